The van der Waals surface area contributed by atoms with Gasteiger partial charge >= 0.3 is 5.97 Å². The summed E-state index contributed by atoms with van der Waals surface area (Å²) in [7, 11) is 0. The van der Waals surface area contributed by atoms with Crippen molar-refractivity contribution >= 4 is 28.9 Å². The number of nitrogens with two attached hydrogens (primary N) is 1. The minimum atomic E-state index is -1.13. The highest BCUT2D eigenvalue weighted by atomic mass is 35.5. The van der Waals surface area contributed by atoms with Crippen LogP contribution >= 0.6 is 22.9 Å². The molecule has 100 valence electrons. The van der Waals surface area contributed by atoms with Gasteiger partial charge in [0.15, 0.2) is 0 Å². The summed E-state index contributed by atoms with van der Waals surface area (Å²) in [4.78, 5) is 14.9. The molecule has 4 nitrogen and oxygen atoms in total. The highest BCUT2D eigenvalue weighted by molar-refractivity contribution is 7.09. The highest BCUT2D eigenvalue weighted by Crippen LogP contribution is 2.23. The SMILES string of the molecule is NC(C(=O)O)c1csc(Cc2ccc(F)cc2Cl)n1. The molecule has 1 unspecified atom stereocenters. The molecule has 0 aliphatic carbocycles. The van der Waals surface area contributed by atoms with E-state index < -0.39 is 17.8 Å². The van der Waals surface area contributed by atoms with Gasteiger partial charge in [0.25, 0.3) is 0 Å². The second kappa shape index (κ2) is 5.64. The van der Waals surface area contributed by atoms with Gasteiger partial charge in [-0.05, 0) is 17.7 Å². The number of thiazole rings is 1. The predicted molar refractivity (Wildman–Crippen MR) is 70.9 cm³/mol. The van der Waals surface area contributed by atoms with E-state index in [1.807, 2.05) is 0 Å². The third-order valence-electron chi connectivity index (χ3n) is 2.51. The maximum atomic E-state index is 12.9. The maximum absolute atomic E-state index is 12.9. The summed E-state index contributed by atoms with van der Waals surface area (Å²) >= 11 is 7.21. The Kier molecular flexibility index (Phi) is 4.14. The molecule has 0 fully saturated rings. The van der Waals surface area contributed by atoms with Crippen molar-refractivity contribution in [3.05, 3.63) is 50.7 Å². The quantitative estimate of drug-likeness (QED) is 0.910. The van der Waals surface area contributed by atoms with Crippen LogP contribution in [0, 0.1) is 5.82 Å². The van der Waals surface area contributed by atoms with Crippen LogP contribution in [0.4, 0.5) is 4.39 Å². The summed E-state index contributed by atoms with van der Waals surface area (Å²) < 4.78 is 12.9. The summed E-state index contributed by atoms with van der Waals surface area (Å²) in [5.41, 5.74) is 6.50. The van der Waals surface area contributed by atoms with Crippen molar-refractivity contribution in [2.45, 2.75) is 12.5 Å². The molecule has 19 heavy (non-hydrogen) atoms. The number of hydrogen-bond donors (Lipinski definition) is 2. The molecule has 7 heteroatoms. The molecule has 1 heterocycles. The molecule has 0 spiro atoms. The van der Waals surface area contributed by atoms with Crippen LogP contribution < -0.4 is 5.73 Å². The maximum Gasteiger partial charge on any atom is 0.326 e. The summed E-state index contributed by atoms with van der Waals surface area (Å²) in [6.45, 7) is 0. The molecule has 1 aromatic carbocycles. The molecule has 3 N–H and O–H groups in total. The van der Waals surface area contributed by atoms with E-state index >= 15 is 0 Å². The van der Waals surface area contributed by atoms with E-state index in [2.05, 4.69) is 4.98 Å². The third kappa shape index (κ3) is 3.28. The molecule has 2 aromatic rings. The lowest BCUT2D eigenvalue weighted by Gasteiger charge is -2.02. The van der Waals surface area contributed by atoms with Crippen molar-refractivity contribution in [2.75, 3.05) is 0 Å². The zero-order valence-corrected chi connectivity index (χ0v) is 11.2. The zero-order chi connectivity index (χ0) is 14.0. The van der Waals surface area contributed by atoms with E-state index in [0.717, 1.165) is 5.56 Å². The van der Waals surface area contributed by atoms with Gasteiger partial charge in [-0.2, -0.15) is 0 Å². The van der Waals surface area contributed by atoms with Gasteiger partial charge in [-0.3, -0.25) is 4.79 Å². The third-order valence-corrected chi connectivity index (χ3v) is 3.73. The Labute approximate surface area is 117 Å². The molecule has 0 radical (unpaired) electrons. The Morgan fingerprint density at radius 2 is 2.32 bits per heavy atom. The first-order chi connectivity index (χ1) is 8.97. The molecular formula is C12H10ClFN2O2S. The number of carboxylic acid groups (broad SMARTS) is 1. The van der Waals surface area contributed by atoms with Crippen molar-refractivity contribution in [2.24, 2.45) is 5.73 Å². The Hall–Kier alpha value is -1.50. The van der Waals surface area contributed by atoms with E-state index in [-0.39, 0.29) is 0 Å². The van der Waals surface area contributed by atoms with E-state index in [4.69, 9.17) is 22.4 Å². The van der Waals surface area contributed by atoms with E-state index in [1.165, 1.54) is 23.5 Å². The number of aromatic nitrogens is 1. The Bertz CT molecular complexity index is 618. The molecule has 1 atom stereocenters. The van der Waals surface area contributed by atoms with Crippen LogP contribution in [0.3, 0.4) is 0 Å². The van der Waals surface area contributed by atoms with Gasteiger partial charge in [0.2, 0.25) is 0 Å². The highest BCUT2D eigenvalue weighted by Gasteiger charge is 2.18. The van der Waals surface area contributed by atoms with Crippen LogP contribution in [0.5, 0.6) is 0 Å². The first-order valence-electron chi connectivity index (χ1n) is 5.34. The number of aliphatic carboxylic acids is 1. The van der Waals surface area contributed by atoms with Gasteiger partial charge in [0, 0.05) is 16.8 Å². The van der Waals surface area contributed by atoms with Gasteiger partial charge in [0.05, 0.1) is 10.7 Å². The Balaban J connectivity index is 2.18. The van der Waals surface area contributed by atoms with Crippen molar-refractivity contribution in [3.8, 4) is 0 Å². The molecular weight excluding hydrogens is 291 g/mol. The minimum absolute atomic E-state index is 0.311. The second-order valence-corrected chi connectivity index (χ2v) is 5.24. The number of rotatable bonds is 4. The Morgan fingerprint density at radius 1 is 1.58 bits per heavy atom. The minimum Gasteiger partial charge on any atom is -0.480 e. The number of hydrogen-bond acceptors (Lipinski definition) is 4. The normalized spacial score (nSPS) is 12.4. The van der Waals surface area contributed by atoms with Gasteiger partial charge in [-0.15, -0.1) is 11.3 Å². The summed E-state index contributed by atoms with van der Waals surface area (Å²) in [5, 5.41) is 11.4. The van der Waals surface area contributed by atoms with Crippen LogP contribution in [0.2, 0.25) is 5.02 Å². The fourth-order valence-electron chi connectivity index (χ4n) is 1.50. The van der Waals surface area contributed by atoms with Crippen molar-refractivity contribution in [1.82, 2.24) is 4.98 Å². The van der Waals surface area contributed by atoms with Crippen LogP contribution in [0.15, 0.2) is 23.6 Å². The zero-order valence-electron chi connectivity index (χ0n) is 9.64. The summed E-state index contributed by atoms with van der Waals surface area (Å²) in [5.74, 6) is -1.53. The number of carboxylic acids is 1. The molecule has 0 saturated heterocycles. The largest absolute Gasteiger partial charge is 0.480 e. The van der Waals surface area contributed by atoms with Gasteiger partial charge in [-0.1, -0.05) is 17.7 Å². The van der Waals surface area contributed by atoms with Gasteiger partial charge < -0.3 is 10.8 Å². The van der Waals surface area contributed by atoms with E-state index in [0.29, 0.717) is 22.1 Å². The molecule has 0 aliphatic heterocycles. The van der Waals surface area contributed by atoms with Crippen LogP contribution in [0.25, 0.3) is 0 Å². The molecule has 1 aromatic heterocycles. The number of carbonyl (C=O) groups is 1. The van der Waals surface area contributed by atoms with Gasteiger partial charge in [0.1, 0.15) is 11.9 Å². The average molecular weight is 301 g/mol. The first-order valence-corrected chi connectivity index (χ1v) is 6.59. The molecule has 0 saturated carbocycles. The molecule has 0 aliphatic rings. The fourth-order valence-corrected chi connectivity index (χ4v) is 2.59. The lowest BCUT2D eigenvalue weighted by Crippen LogP contribution is -2.20. The lowest BCUT2D eigenvalue weighted by atomic mass is 10.1. The second-order valence-electron chi connectivity index (χ2n) is 3.89. The molecule has 0 bridgehead atoms. The van der Waals surface area contributed by atoms with Crippen molar-refractivity contribution in [3.63, 3.8) is 0 Å². The van der Waals surface area contributed by atoms with Crippen LogP contribution in [0.1, 0.15) is 22.3 Å². The monoisotopic (exact) mass is 300 g/mol. The topological polar surface area (TPSA) is 76.2 Å². The Morgan fingerprint density at radius 3 is 2.95 bits per heavy atom. The first kappa shape index (κ1) is 13.9. The number of benzene rings is 1. The number of halogens is 2. The van der Waals surface area contributed by atoms with Gasteiger partial charge in [-0.25, -0.2) is 9.37 Å². The fraction of sp³-hybridized carbons (Fsp3) is 0.167. The van der Waals surface area contributed by atoms with Crippen molar-refractivity contribution in [1.29, 1.82) is 0 Å². The average Bonchev–Trinajstić information content (AvgIpc) is 2.80. The summed E-state index contributed by atoms with van der Waals surface area (Å²) in [6.07, 6.45) is 0.413. The lowest BCUT2D eigenvalue weighted by molar-refractivity contribution is -0.138. The van der Waals surface area contributed by atoms with E-state index in [9.17, 15) is 9.18 Å². The molecule has 2 rings (SSSR count). The number of nitrogens with zero attached hydrogens (tertiary/aromatic N) is 1. The molecule has 0 amide bonds. The van der Waals surface area contributed by atoms with Crippen molar-refractivity contribution < 1.29 is 14.3 Å². The predicted octanol–water partition coefficient (Wildman–Crippen LogP) is 2.61. The van der Waals surface area contributed by atoms with Crippen LogP contribution in [-0.4, -0.2) is 16.1 Å². The standard InChI is InChI=1S/C12H10ClFN2O2S/c13-8-4-7(14)2-1-6(8)3-10-16-9(5-19-10)11(15)12(17)18/h1-2,4-5,11H,3,15H2,(H,17,18). The smallest absolute Gasteiger partial charge is 0.326 e. The summed E-state index contributed by atoms with van der Waals surface area (Å²) in [6, 6.07) is 3.00. The van der Waals surface area contributed by atoms with Crippen LogP contribution in [-0.2, 0) is 11.2 Å². The van der Waals surface area contributed by atoms with E-state index in [1.54, 1.807) is 11.4 Å².